The number of nitrogens with zero attached hydrogens (tertiary/aromatic N) is 2. The zero-order valence-corrected chi connectivity index (χ0v) is 18.1. The standard InChI is InChI=1S/C26H25N3O4/c30-25(15-16-26(31)32)27-20-11-13-23(14-12-20)33-18-21-17-24(19-7-3-1-4-8-19)29(28-21)22-9-5-2-6-10-22/h2-3,5-14,17H,1,4,15-16,18H2,(H,27,30)(H,31,32). The van der Waals surface area contributed by atoms with Crippen LogP contribution in [-0.2, 0) is 16.2 Å². The number of amides is 1. The van der Waals surface area contributed by atoms with Crippen LogP contribution in [0.1, 0.15) is 37.1 Å². The fraction of sp³-hybridized carbons (Fsp3) is 0.192. The van der Waals surface area contributed by atoms with Gasteiger partial charge in [0, 0.05) is 12.1 Å². The van der Waals surface area contributed by atoms with Crippen molar-refractivity contribution in [1.29, 1.82) is 0 Å². The summed E-state index contributed by atoms with van der Waals surface area (Å²) in [6, 6.07) is 19.0. The summed E-state index contributed by atoms with van der Waals surface area (Å²) in [6.07, 6.45) is 8.34. The molecule has 0 saturated carbocycles. The topological polar surface area (TPSA) is 93.5 Å². The second kappa shape index (κ2) is 10.5. The smallest absolute Gasteiger partial charge is 0.303 e. The Labute approximate surface area is 192 Å². The van der Waals surface area contributed by atoms with E-state index in [1.807, 2.05) is 41.1 Å². The molecule has 3 aromatic rings. The minimum Gasteiger partial charge on any atom is -0.487 e. The second-order valence-corrected chi connectivity index (χ2v) is 7.66. The van der Waals surface area contributed by atoms with Gasteiger partial charge in [-0.15, -0.1) is 0 Å². The van der Waals surface area contributed by atoms with E-state index in [-0.39, 0.29) is 18.7 Å². The highest BCUT2D eigenvalue weighted by Gasteiger charge is 2.14. The van der Waals surface area contributed by atoms with Crippen LogP contribution >= 0.6 is 0 Å². The molecular formula is C26H25N3O4. The number of benzene rings is 2. The third-order valence-electron chi connectivity index (χ3n) is 5.14. The minimum absolute atomic E-state index is 0.0639. The highest BCUT2D eigenvalue weighted by molar-refractivity contribution is 5.92. The first-order valence-corrected chi connectivity index (χ1v) is 10.8. The normalized spacial score (nSPS) is 12.8. The molecule has 0 fully saturated rings. The van der Waals surface area contributed by atoms with Gasteiger partial charge in [-0.3, -0.25) is 9.59 Å². The number of allylic oxidation sites excluding steroid dienone is 4. The zero-order valence-electron chi connectivity index (χ0n) is 18.1. The summed E-state index contributed by atoms with van der Waals surface area (Å²) < 4.78 is 7.86. The maximum absolute atomic E-state index is 11.8. The number of carbonyl (C=O) groups is 2. The quantitative estimate of drug-likeness (QED) is 0.486. The molecule has 2 aromatic carbocycles. The van der Waals surface area contributed by atoms with Crippen LogP contribution in [0.25, 0.3) is 11.3 Å². The molecule has 0 saturated heterocycles. The molecule has 0 atom stereocenters. The molecule has 1 heterocycles. The van der Waals surface area contributed by atoms with E-state index in [0.29, 0.717) is 18.0 Å². The first kappa shape index (κ1) is 22.1. The van der Waals surface area contributed by atoms with Crippen LogP contribution in [-0.4, -0.2) is 26.8 Å². The number of anilines is 1. The van der Waals surface area contributed by atoms with Crippen molar-refractivity contribution in [2.45, 2.75) is 32.3 Å². The molecule has 2 N–H and O–H groups in total. The van der Waals surface area contributed by atoms with Crippen LogP contribution < -0.4 is 10.1 Å². The Hall–Kier alpha value is -4.13. The number of carboxylic acid groups (broad SMARTS) is 1. The summed E-state index contributed by atoms with van der Waals surface area (Å²) in [7, 11) is 0. The van der Waals surface area contributed by atoms with Gasteiger partial charge in [0.25, 0.3) is 0 Å². The first-order chi connectivity index (χ1) is 16.1. The van der Waals surface area contributed by atoms with Crippen molar-refractivity contribution in [3.63, 3.8) is 0 Å². The van der Waals surface area contributed by atoms with Crippen molar-refractivity contribution in [3.8, 4) is 11.4 Å². The summed E-state index contributed by atoms with van der Waals surface area (Å²) in [5, 5.41) is 16.1. The lowest BCUT2D eigenvalue weighted by Gasteiger charge is -2.10. The molecule has 7 heteroatoms. The van der Waals surface area contributed by atoms with E-state index in [0.717, 1.165) is 35.5 Å². The van der Waals surface area contributed by atoms with E-state index in [4.69, 9.17) is 14.9 Å². The third-order valence-corrected chi connectivity index (χ3v) is 5.14. The second-order valence-electron chi connectivity index (χ2n) is 7.66. The Balaban J connectivity index is 1.43. The summed E-state index contributed by atoms with van der Waals surface area (Å²) in [4.78, 5) is 22.3. The molecule has 0 aliphatic heterocycles. The van der Waals surface area contributed by atoms with E-state index in [9.17, 15) is 9.59 Å². The van der Waals surface area contributed by atoms with Gasteiger partial charge in [0.2, 0.25) is 5.91 Å². The molecule has 33 heavy (non-hydrogen) atoms. The van der Waals surface area contributed by atoms with Gasteiger partial charge in [-0.2, -0.15) is 5.10 Å². The lowest BCUT2D eigenvalue weighted by atomic mass is 10.0. The van der Waals surface area contributed by atoms with Crippen molar-refractivity contribution < 1.29 is 19.4 Å². The maximum atomic E-state index is 11.8. The van der Waals surface area contributed by atoms with Gasteiger partial charge in [-0.1, -0.05) is 36.4 Å². The van der Waals surface area contributed by atoms with Gasteiger partial charge in [0.05, 0.1) is 17.8 Å². The molecule has 1 amide bonds. The number of aliphatic carboxylic acids is 1. The van der Waals surface area contributed by atoms with Gasteiger partial charge in [-0.25, -0.2) is 4.68 Å². The van der Waals surface area contributed by atoms with Crippen molar-refractivity contribution in [1.82, 2.24) is 9.78 Å². The van der Waals surface area contributed by atoms with E-state index < -0.39 is 5.97 Å². The molecule has 4 rings (SSSR count). The van der Waals surface area contributed by atoms with Gasteiger partial charge in [0.15, 0.2) is 0 Å². The molecule has 0 bridgehead atoms. The van der Waals surface area contributed by atoms with Crippen molar-refractivity contribution in [3.05, 3.63) is 90.3 Å². The van der Waals surface area contributed by atoms with Gasteiger partial charge >= 0.3 is 5.97 Å². The van der Waals surface area contributed by atoms with Crippen molar-refractivity contribution in [2.75, 3.05) is 5.32 Å². The molecular weight excluding hydrogens is 418 g/mol. The number of carbonyl (C=O) groups excluding carboxylic acids is 1. The largest absolute Gasteiger partial charge is 0.487 e. The number of ether oxygens (including phenoxy) is 1. The number of hydrogen-bond acceptors (Lipinski definition) is 4. The van der Waals surface area contributed by atoms with Crippen LogP contribution in [0.15, 0.2) is 78.9 Å². The zero-order chi connectivity index (χ0) is 23.0. The molecule has 0 spiro atoms. The maximum Gasteiger partial charge on any atom is 0.303 e. The Morgan fingerprint density at radius 3 is 2.52 bits per heavy atom. The highest BCUT2D eigenvalue weighted by atomic mass is 16.5. The average Bonchev–Trinajstić information content (AvgIpc) is 3.28. The molecule has 0 radical (unpaired) electrons. The number of para-hydroxylation sites is 1. The summed E-state index contributed by atoms with van der Waals surface area (Å²) >= 11 is 0. The molecule has 7 nitrogen and oxygen atoms in total. The highest BCUT2D eigenvalue weighted by Crippen LogP contribution is 2.26. The monoisotopic (exact) mass is 443 g/mol. The van der Waals surface area contributed by atoms with Gasteiger partial charge in [0.1, 0.15) is 18.1 Å². The van der Waals surface area contributed by atoms with Crippen LogP contribution in [0.2, 0.25) is 0 Å². The lowest BCUT2D eigenvalue weighted by molar-refractivity contribution is -0.138. The summed E-state index contributed by atoms with van der Waals surface area (Å²) in [6.45, 7) is 0.300. The molecule has 168 valence electrons. The van der Waals surface area contributed by atoms with E-state index in [1.54, 1.807) is 24.3 Å². The predicted molar refractivity (Wildman–Crippen MR) is 126 cm³/mol. The van der Waals surface area contributed by atoms with Crippen LogP contribution in [0.5, 0.6) is 5.75 Å². The van der Waals surface area contributed by atoms with Crippen LogP contribution in [0, 0.1) is 0 Å². The van der Waals surface area contributed by atoms with Crippen LogP contribution in [0.4, 0.5) is 5.69 Å². The fourth-order valence-electron chi connectivity index (χ4n) is 3.51. The molecule has 0 unspecified atom stereocenters. The van der Waals surface area contributed by atoms with Crippen molar-refractivity contribution in [2.24, 2.45) is 0 Å². The van der Waals surface area contributed by atoms with E-state index in [2.05, 4.69) is 23.5 Å². The number of hydrogen-bond donors (Lipinski definition) is 2. The van der Waals surface area contributed by atoms with Crippen molar-refractivity contribution >= 4 is 23.1 Å². The molecule has 1 aliphatic carbocycles. The van der Waals surface area contributed by atoms with E-state index >= 15 is 0 Å². The SMILES string of the molecule is O=C(O)CCC(=O)Nc1ccc(OCc2cc(C3=CCCC=C3)n(-c3ccccc3)n2)cc1. The summed E-state index contributed by atoms with van der Waals surface area (Å²) in [5.74, 6) is -0.690. The molecule has 1 aromatic heterocycles. The number of rotatable bonds is 9. The number of aromatic nitrogens is 2. The van der Waals surface area contributed by atoms with Gasteiger partial charge in [-0.05, 0) is 60.9 Å². The Morgan fingerprint density at radius 1 is 1.03 bits per heavy atom. The summed E-state index contributed by atoms with van der Waals surface area (Å²) in [5.41, 5.74) is 4.55. The Morgan fingerprint density at radius 2 is 1.82 bits per heavy atom. The van der Waals surface area contributed by atoms with Gasteiger partial charge < -0.3 is 15.2 Å². The minimum atomic E-state index is -0.998. The average molecular weight is 444 g/mol. The first-order valence-electron chi connectivity index (χ1n) is 10.8. The Kier molecular flexibility index (Phi) is 6.99. The van der Waals surface area contributed by atoms with E-state index in [1.165, 1.54) is 0 Å². The fourth-order valence-corrected chi connectivity index (χ4v) is 3.51. The predicted octanol–water partition coefficient (Wildman–Crippen LogP) is 4.99. The lowest BCUT2D eigenvalue weighted by Crippen LogP contribution is -2.13. The molecule has 1 aliphatic rings. The number of carboxylic acids is 1. The third kappa shape index (κ3) is 5.98. The Bertz CT molecular complexity index is 1180. The van der Waals surface area contributed by atoms with Crippen LogP contribution in [0.3, 0.4) is 0 Å². The number of nitrogens with one attached hydrogen (secondary N) is 1.